The maximum atomic E-state index is 11.3. The summed E-state index contributed by atoms with van der Waals surface area (Å²) in [6.07, 6.45) is 0. The number of hydrogen-bond acceptors (Lipinski definition) is 5. The number of hydrogen-bond donors (Lipinski definition) is 3. The van der Waals surface area contributed by atoms with E-state index in [2.05, 4.69) is 10.3 Å². The number of urea groups is 1. The zero-order valence-corrected chi connectivity index (χ0v) is 9.88. The Morgan fingerprint density at radius 2 is 2.06 bits per heavy atom. The van der Waals surface area contributed by atoms with Crippen LogP contribution in [0.25, 0.3) is 0 Å². The van der Waals surface area contributed by atoms with Crippen LogP contribution in [0.15, 0.2) is 0 Å². The Labute approximate surface area is 102 Å². The number of primary amides is 1. The Balaban J connectivity index is 2.99. The molecule has 0 unspecified atom stereocenters. The van der Waals surface area contributed by atoms with Crippen LogP contribution in [-0.4, -0.2) is 38.0 Å². The van der Waals surface area contributed by atoms with Crippen LogP contribution in [0.4, 0.5) is 4.79 Å². The fourth-order valence-electron chi connectivity index (χ4n) is 1.47. The first kappa shape index (κ1) is 13.6. The van der Waals surface area contributed by atoms with Gasteiger partial charge in [0, 0.05) is 0 Å². The molecule has 1 heterocycles. The standard InChI is InChI=1S/C9H13N5O4/c1-4(2)7-6(8(16)17)12-13-14(7)3-5(15)11-9(10)18/h4H,3H2,1-2H3,(H,16,17)(H3,10,11,15,18). The fraction of sp³-hybridized carbons (Fsp3) is 0.444. The van der Waals surface area contributed by atoms with E-state index in [9.17, 15) is 14.4 Å². The van der Waals surface area contributed by atoms with Gasteiger partial charge in [-0.3, -0.25) is 10.1 Å². The van der Waals surface area contributed by atoms with Gasteiger partial charge in [0.2, 0.25) is 5.91 Å². The Hall–Kier alpha value is -2.45. The number of amides is 3. The van der Waals surface area contributed by atoms with Crippen LogP contribution < -0.4 is 11.1 Å². The third-order valence-electron chi connectivity index (χ3n) is 2.08. The molecule has 98 valence electrons. The highest BCUT2D eigenvalue weighted by Gasteiger charge is 2.22. The first-order valence-corrected chi connectivity index (χ1v) is 5.09. The SMILES string of the molecule is CC(C)c1c(C(=O)O)nnn1CC(=O)NC(N)=O. The predicted octanol–water partition coefficient (Wildman–Crippen LogP) is -0.705. The highest BCUT2D eigenvalue weighted by molar-refractivity contribution is 5.93. The van der Waals surface area contributed by atoms with E-state index in [1.54, 1.807) is 13.8 Å². The summed E-state index contributed by atoms with van der Waals surface area (Å²) in [6.45, 7) is 3.16. The second-order valence-electron chi connectivity index (χ2n) is 3.85. The number of nitrogens with two attached hydrogens (primary N) is 1. The van der Waals surface area contributed by atoms with Crippen LogP contribution in [0.3, 0.4) is 0 Å². The maximum Gasteiger partial charge on any atom is 0.358 e. The molecule has 0 aromatic carbocycles. The number of nitrogens with zero attached hydrogens (tertiary/aromatic N) is 3. The monoisotopic (exact) mass is 255 g/mol. The average Bonchev–Trinajstić information content (AvgIpc) is 2.59. The van der Waals surface area contributed by atoms with Crippen molar-refractivity contribution in [3.63, 3.8) is 0 Å². The summed E-state index contributed by atoms with van der Waals surface area (Å²) in [5.74, 6) is -2.10. The molecule has 9 heteroatoms. The second kappa shape index (κ2) is 5.25. The molecule has 0 saturated carbocycles. The van der Waals surface area contributed by atoms with Gasteiger partial charge < -0.3 is 10.8 Å². The van der Waals surface area contributed by atoms with Crippen molar-refractivity contribution in [1.82, 2.24) is 20.3 Å². The first-order chi connectivity index (χ1) is 8.32. The van der Waals surface area contributed by atoms with E-state index in [4.69, 9.17) is 10.8 Å². The molecule has 1 rings (SSSR count). The van der Waals surface area contributed by atoms with Gasteiger partial charge in [-0.2, -0.15) is 0 Å². The molecule has 0 bridgehead atoms. The van der Waals surface area contributed by atoms with Crippen molar-refractivity contribution in [1.29, 1.82) is 0 Å². The Morgan fingerprint density at radius 3 is 2.50 bits per heavy atom. The van der Waals surface area contributed by atoms with Gasteiger partial charge in [-0.1, -0.05) is 19.1 Å². The zero-order chi connectivity index (χ0) is 13.9. The Kier molecular flexibility index (Phi) is 3.97. The number of imide groups is 1. The van der Waals surface area contributed by atoms with E-state index in [0.29, 0.717) is 5.69 Å². The lowest BCUT2D eigenvalue weighted by atomic mass is 10.1. The number of rotatable bonds is 4. The minimum absolute atomic E-state index is 0.188. The quantitative estimate of drug-likeness (QED) is 0.649. The van der Waals surface area contributed by atoms with Gasteiger partial charge in [0.1, 0.15) is 6.54 Å². The van der Waals surface area contributed by atoms with Gasteiger partial charge >= 0.3 is 12.0 Å². The Morgan fingerprint density at radius 1 is 1.44 bits per heavy atom. The molecular formula is C9H13N5O4. The van der Waals surface area contributed by atoms with E-state index in [1.165, 1.54) is 0 Å². The second-order valence-corrected chi connectivity index (χ2v) is 3.85. The number of carbonyl (C=O) groups excluding carboxylic acids is 2. The molecule has 3 amide bonds. The third-order valence-corrected chi connectivity index (χ3v) is 2.08. The Bertz CT molecular complexity index is 493. The summed E-state index contributed by atoms with van der Waals surface area (Å²) in [4.78, 5) is 32.7. The van der Waals surface area contributed by atoms with Crippen molar-refractivity contribution in [2.45, 2.75) is 26.3 Å². The number of carbonyl (C=O) groups is 3. The normalized spacial score (nSPS) is 10.4. The van der Waals surface area contributed by atoms with Crippen molar-refractivity contribution >= 4 is 17.9 Å². The summed E-state index contributed by atoms with van der Waals surface area (Å²) < 4.78 is 1.13. The number of nitrogens with one attached hydrogen (secondary N) is 1. The molecular weight excluding hydrogens is 242 g/mol. The molecule has 0 spiro atoms. The minimum atomic E-state index is -1.22. The fourth-order valence-corrected chi connectivity index (χ4v) is 1.47. The summed E-state index contributed by atoms with van der Waals surface area (Å²) in [5, 5.41) is 17.8. The summed E-state index contributed by atoms with van der Waals surface area (Å²) >= 11 is 0. The summed E-state index contributed by atoms with van der Waals surface area (Å²) in [7, 11) is 0. The van der Waals surface area contributed by atoms with Crippen molar-refractivity contribution < 1.29 is 19.5 Å². The molecule has 0 radical (unpaired) electrons. The van der Waals surface area contributed by atoms with Crippen molar-refractivity contribution in [3.05, 3.63) is 11.4 Å². The van der Waals surface area contributed by atoms with E-state index < -0.39 is 17.9 Å². The van der Waals surface area contributed by atoms with Gasteiger partial charge in [-0.05, 0) is 5.92 Å². The van der Waals surface area contributed by atoms with Crippen LogP contribution in [-0.2, 0) is 11.3 Å². The van der Waals surface area contributed by atoms with E-state index in [0.717, 1.165) is 4.68 Å². The van der Waals surface area contributed by atoms with Crippen LogP contribution in [0, 0.1) is 0 Å². The summed E-state index contributed by atoms with van der Waals surface area (Å²) in [6, 6.07) is -0.982. The lowest BCUT2D eigenvalue weighted by Crippen LogP contribution is -2.37. The lowest BCUT2D eigenvalue weighted by molar-refractivity contribution is -0.120. The molecule has 18 heavy (non-hydrogen) atoms. The van der Waals surface area contributed by atoms with Gasteiger partial charge in [0.15, 0.2) is 5.69 Å². The molecule has 1 aromatic rings. The number of carboxylic acid groups (broad SMARTS) is 1. The minimum Gasteiger partial charge on any atom is -0.476 e. The first-order valence-electron chi connectivity index (χ1n) is 5.09. The van der Waals surface area contributed by atoms with Crippen LogP contribution in [0.2, 0.25) is 0 Å². The lowest BCUT2D eigenvalue weighted by Gasteiger charge is -2.09. The molecule has 0 aliphatic carbocycles. The topological polar surface area (TPSA) is 140 Å². The van der Waals surface area contributed by atoms with Crippen LogP contribution in [0.1, 0.15) is 35.9 Å². The maximum absolute atomic E-state index is 11.3. The predicted molar refractivity (Wildman–Crippen MR) is 58.8 cm³/mol. The van der Waals surface area contributed by atoms with Crippen molar-refractivity contribution in [2.24, 2.45) is 5.73 Å². The molecule has 9 nitrogen and oxygen atoms in total. The molecule has 4 N–H and O–H groups in total. The number of aromatic carboxylic acids is 1. The van der Waals surface area contributed by atoms with E-state index in [-0.39, 0.29) is 18.2 Å². The van der Waals surface area contributed by atoms with Gasteiger partial charge in [0.05, 0.1) is 5.69 Å². The van der Waals surface area contributed by atoms with E-state index in [1.807, 2.05) is 5.32 Å². The molecule has 1 aromatic heterocycles. The van der Waals surface area contributed by atoms with E-state index >= 15 is 0 Å². The van der Waals surface area contributed by atoms with Crippen molar-refractivity contribution in [3.8, 4) is 0 Å². The average molecular weight is 255 g/mol. The third kappa shape index (κ3) is 3.03. The molecule has 0 fully saturated rings. The van der Waals surface area contributed by atoms with Gasteiger partial charge in [0.25, 0.3) is 0 Å². The van der Waals surface area contributed by atoms with Gasteiger partial charge in [-0.15, -0.1) is 5.10 Å². The zero-order valence-electron chi connectivity index (χ0n) is 9.88. The number of carboxylic acids is 1. The summed E-state index contributed by atoms with van der Waals surface area (Å²) in [5.41, 5.74) is 4.88. The molecule has 0 atom stereocenters. The molecule has 0 saturated heterocycles. The van der Waals surface area contributed by atoms with Gasteiger partial charge in [-0.25, -0.2) is 14.3 Å². The van der Waals surface area contributed by atoms with Crippen LogP contribution >= 0.6 is 0 Å². The molecule has 0 aliphatic rings. The molecule has 0 aliphatic heterocycles. The highest BCUT2D eigenvalue weighted by atomic mass is 16.4. The largest absolute Gasteiger partial charge is 0.476 e. The number of aromatic nitrogens is 3. The smallest absolute Gasteiger partial charge is 0.358 e. The van der Waals surface area contributed by atoms with Crippen molar-refractivity contribution in [2.75, 3.05) is 0 Å². The highest BCUT2D eigenvalue weighted by Crippen LogP contribution is 2.17. The van der Waals surface area contributed by atoms with Crippen LogP contribution in [0.5, 0.6) is 0 Å².